The minimum absolute atomic E-state index is 0.161. The Morgan fingerprint density at radius 3 is 2.73 bits per heavy atom. The molecule has 0 atom stereocenters. The quantitative estimate of drug-likeness (QED) is 0.611. The number of carbonyl (C=O) groups excluding carboxylic acids is 1. The Kier molecular flexibility index (Phi) is 5.86. The van der Waals surface area contributed by atoms with Crippen LogP contribution in [0.4, 0.5) is 9.52 Å². The van der Waals surface area contributed by atoms with Crippen LogP contribution < -0.4 is 4.90 Å². The van der Waals surface area contributed by atoms with Crippen molar-refractivity contribution in [2.75, 3.05) is 32.1 Å². The zero-order valence-electron chi connectivity index (χ0n) is 14.6. The monoisotopic (exact) mass is 391 g/mol. The molecule has 0 bridgehead atoms. The third-order valence-electron chi connectivity index (χ3n) is 3.87. The highest BCUT2D eigenvalue weighted by Crippen LogP contribution is 2.30. The maximum Gasteiger partial charge on any atom is 0.260 e. The summed E-state index contributed by atoms with van der Waals surface area (Å²) in [5, 5.41) is 1.07. The number of carbonyl (C=O) groups is 1. The summed E-state index contributed by atoms with van der Waals surface area (Å²) in [5.41, 5.74) is 1.19. The Bertz CT molecular complexity index is 928. The van der Waals surface area contributed by atoms with Crippen LogP contribution in [0.25, 0.3) is 10.2 Å². The van der Waals surface area contributed by atoms with Crippen molar-refractivity contribution >= 4 is 44.2 Å². The summed E-state index contributed by atoms with van der Waals surface area (Å²) in [6, 6.07) is 11.3. The van der Waals surface area contributed by atoms with Gasteiger partial charge >= 0.3 is 0 Å². The maximum atomic E-state index is 13.5. The van der Waals surface area contributed by atoms with Gasteiger partial charge in [-0.15, -0.1) is 0 Å². The molecule has 7 heteroatoms. The van der Waals surface area contributed by atoms with Crippen LogP contribution in [0.5, 0.6) is 0 Å². The molecule has 3 aromatic rings. The normalized spacial score (nSPS) is 11.3. The summed E-state index contributed by atoms with van der Waals surface area (Å²) >= 11 is 7.35. The molecule has 3 rings (SSSR count). The maximum absolute atomic E-state index is 13.5. The highest BCUT2D eigenvalue weighted by Gasteiger charge is 2.21. The fourth-order valence-corrected chi connectivity index (χ4v) is 3.81. The molecule has 0 N–H and O–H groups in total. The van der Waals surface area contributed by atoms with Crippen molar-refractivity contribution in [2.45, 2.75) is 6.42 Å². The van der Waals surface area contributed by atoms with E-state index in [1.807, 2.05) is 14.1 Å². The van der Waals surface area contributed by atoms with E-state index >= 15 is 0 Å². The van der Waals surface area contributed by atoms with E-state index < -0.39 is 0 Å². The van der Waals surface area contributed by atoms with E-state index in [4.69, 9.17) is 11.6 Å². The third kappa shape index (κ3) is 4.38. The molecule has 0 spiro atoms. The van der Waals surface area contributed by atoms with Crippen molar-refractivity contribution in [1.29, 1.82) is 0 Å². The van der Waals surface area contributed by atoms with Crippen molar-refractivity contribution in [3.8, 4) is 0 Å². The summed E-state index contributed by atoms with van der Waals surface area (Å²) in [5.74, 6) is -0.473. The van der Waals surface area contributed by atoms with E-state index in [0.717, 1.165) is 17.7 Å². The molecule has 4 nitrogen and oxygen atoms in total. The number of hydrogen-bond donors (Lipinski definition) is 0. The number of thiazole rings is 1. The van der Waals surface area contributed by atoms with E-state index in [2.05, 4.69) is 9.88 Å². The topological polar surface area (TPSA) is 36.4 Å². The van der Waals surface area contributed by atoms with Crippen molar-refractivity contribution in [1.82, 2.24) is 9.88 Å². The van der Waals surface area contributed by atoms with Gasteiger partial charge in [-0.25, -0.2) is 9.37 Å². The largest absolute Gasteiger partial charge is 0.309 e. The van der Waals surface area contributed by atoms with Crippen LogP contribution >= 0.6 is 22.9 Å². The summed E-state index contributed by atoms with van der Waals surface area (Å²) in [6.45, 7) is 1.37. The average Bonchev–Trinajstić information content (AvgIpc) is 3.00. The Hall–Kier alpha value is -2.02. The van der Waals surface area contributed by atoms with Gasteiger partial charge in [-0.3, -0.25) is 9.69 Å². The zero-order chi connectivity index (χ0) is 18.7. The number of anilines is 1. The van der Waals surface area contributed by atoms with Gasteiger partial charge in [-0.1, -0.05) is 29.0 Å². The number of nitrogens with zero attached hydrogens (tertiary/aromatic N) is 3. The Labute approximate surface area is 160 Å². The van der Waals surface area contributed by atoms with Crippen LogP contribution in [0.1, 0.15) is 16.8 Å². The standard InChI is InChI=1S/C19H19ClFN3OS/c1-23(2)9-4-10-24(18(25)13-5-3-6-14(20)11-13)19-22-16-8-7-15(21)12-17(16)26-19/h3,5-8,11-12H,4,9-10H2,1-2H3. The molecule has 0 radical (unpaired) electrons. The molecular formula is C19H19ClFN3OS. The van der Waals surface area contributed by atoms with Crippen molar-refractivity contribution in [3.63, 3.8) is 0 Å². The van der Waals surface area contributed by atoms with Gasteiger partial charge in [-0.2, -0.15) is 0 Å². The molecule has 1 amide bonds. The first-order valence-electron chi connectivity index (χ1n) is 8.22. The van der Waals surface area contributed by atoms with Gasteiger partial charge in [0.25, 0.3) is 5.91 Å². The van der Waals surface area contributed by atoms with Crippen LogP contribution in [0.3, 0.4) is 0 Å². The zero-order valence-corrected chi connectivity index (χ0v) is 16.1. The molecule has 0 saturated carbocycles. The number of amides is 1. The van der Waals surface area contributed by atoms with Crippen LogP contribution in [0.2, 0.25) is 5.02 Å². The average molecular weight is 392 g/mol. The lowest BCUT2D eigenvalue weighted by Crippen LogP contribution is -2.33. The van der Waals surface area contributed by atoms with E-state index in [1.54, 1.807) is 35.2 Å². The molecular weight excluding hydrogens is 373 g/mol. The van der Waals surface area contributed by atoms with Crippen LogP contribution in [0, 0.1) is 5.82 Å². The fraction of sp³-hybridized carbons (Fsp3) is 0.263. The molecule has 1 aromatic heterocycles. The number of aromatic nitrogens is 1. The van der Waals surface area contributed by atoms with Gasteiger partial charge in [0.1, 0.15) is 5.82 Å². The second kappa shape index (κ2) is 8.12. The van der Waals surface area contributed by atoms with E-state index in [1.165, 1.54) is 23.5 Å². The van der Waals surface area contributed by atoms with E-state index in [-0.39, 0.29) is 11.7 Å². The molecule has 0 aliphatic carbocycles. The molecule has 26 heavy (non-hydrogen) atoms. The second-order valence-corrected chi connectivity index (χ2v) is 7.68. The van der Waals surface area contributed by atoms with Gasteiger partial charge in [0.15, 0.2) is 5.13 Å². The SMILES string of the molecule is CN(C)CCCN(C(=O)c1cccc(Cl)c1)c1nc2ccc(F)cc2s1. The van der Waals surface area contributed by atoms with Gasteiger partial charge in [0, 0.05) is 17.1 Å². The number of fused-ring (bicyclic) bond motifs is 1. The lowest BCUT2D eigenvalue weighted by atomic mass is 10.2. The van der Waals surface area contributed by atoms with Gasteiger partial charge < -0.3 is 4.90 Å². The first kappa shape index (κ1) is 18.8. The first-order valence-corrected chi connectivity index (χ1v) is 9.42. The molecule has 0 aliphatic heterocycles. The minimum atomic E-state index is -0.312. The molecule has 0 fully saturated rings. The molecule has 0 unspecified atom stereocenters. The van der Waals surface area contributed by atoms with Crippen molar-refractivity contribution in [3.05, 3.63) is 58.9 Å². The smallest absolute Gasteiger partial charge is 0.260 e. The third-order valence-corrected chi connectivity index (χ3v) is 5.15. The lowest BCUT2D eigenvalue weighted by molar-refractivity contribution is 0.0986. The van der Waals surface area contributed by atoms with E-state index in [0.29, 0.717) is 27.8 Å². The van der Waals surface area contributed by atoms with Crippen molar-refractivity contribution in [2.24, 2.45) is 0 Å². The number of hydrogen-bond acceptors (Lipinski definition) is 4. The van der Waals surface area contributed by atoms with Gasteiger partial charge in [0.05, 0.1) is 10.2 Å². The lowest BCUT2D eigenvalue weighted by Gasteiger charge is -2.21. The molecule has 0 aliphatic rings. The number of benzene rings is 2. The predicted octanol–water partition coefficient (Wildman–Crippen LogP) is 4.69. The predicted molar refractivity (Wildman–Crippen MR) is 106 cm³/mol. The summed E-state index contributed by atoms with van der Waals surface area (Å²) in [6.07, 6.45) is 0.795. The summed E-state index contributed by atoms with van der Waals surface area (Å²) < 4.78 is 14.2. The van der Waals surface area contributed by atoms with Gasteiger partial charge in [-0.05, 0) is 63.5 Å². The van der Waals surface area contributed by atoms with Crippen LogP contribution in [0.15, 0.2) is 42.5 Å². The van der Waals surface area contributed by atoms with Crippen molar-refractivity contribution < 1.29 is 9.18 Å². The molecule has 1 heterocycles. The highest BCUT2D eigenvalue weighted by molar-refractivity contribution is 7.22. The second-order valence-electron chi connectivity index (χ2n) is 6.23. The highest BCUT2D eigenvalue weighted by atomic mass is 35.5. The summed E-state index contributed by atoms with van der Waals surface area (Å²) in [4.78, 5) is 21.3. The van der Waals surface area contributed by atoms with Gasteiger partial charge in [0.2, 0.25) is 0 Å². The fourth-order valence-electron chi connectivity index (χ4n) is 2.61. The molecule has 0 saturated heterocycles. The first-order chi connectivity index (χ1) is 12.4. The Morgan fingerprint density at radius 1 is 1.19 bits per heavy atom. The minimum Gasteiger partial charge on any atom is -0.309 e. The Balaban J connectivity index is 1.94. The number of rotatable bonds is 6. The van der Waals surface area contributed by atoms with Crippen LogP contribution in [-0.4, -0.2) is 43.0 Å². The molecule has 136 valence electrons. The van der Waals surface area contributed by atoms with E-state index in [9.17, 15) is 9.18 Å². The summed E-state index contributed by atoms with van der Waals surface area (Å²) in [7, 11) is 3.98. The number of halogens is 2. The molecule has 2 aromatic carbocycles. The van der Waals surface area contributed by atoms with Crippen LogP contribution in [-0.2, 0) is 0 Å². The Morgan fingerprint density at radius 2 is 2.00 bits per heavy atom.